The number of anilines is 1. The SMILES string of the molecule is CCNc1ccc(C(=O)N2CCN(CC)CC2)cc1C. The molecule has 1 aliphatic rings. The Labute approximate surface area is 121 Å². The fourth-order valence-electron chi connectivity index (χ4n) is 2.64. The molecular weight excluding hydrogens is 250 g/mol. The summed E-state index contributed by atoms with van der Waals surface area (Å²) in [6.07, 6.45) is 0. The van der Waals surface area contributed by atoms with Crippen molar-refractivity contribution in [2.45, 2.75) is 20.8 Å². The first-order valence-electron chi connectivity index (χ1n) is 7.51. The van der Waals surface area contributed by atoms with Gasteiger partial charge in [-0.3, -0.25) is 4.79 Å². The summed E-state index contributed by atoms with van der Waals surface area (Å²) in [7, 11) is 0. The van der Waals surface area contributed by atoms with Crippen molar-refractivity contribution in [3.63, 3.8) is 0 Å². The Morgan fingerprint density at radius 3 is 2.45 bits per heavy atom. The summed E-state index contributed by atoms with van der Waals surface area (Å²) in [6, 6.07) is 5.93. The maximum Gasteiger partial charge on any atom is 0.253 e. The van der Waals surface area contributed by atoms with Crippen LogP contribution in [0.2, 0.25) is 0 Å². The average Bonchev–Trinajstić information content (AvgIpc) is 2.49. The number of hydrogen-bond donors (Lipinski definition) is 1. The zero-order valence-corrected chi connectivity index (χ0v) is 12.8. The Hall–Kier alpha value is -1.55. The lowest BCUT2D eigenvalue weighted by Gasteiger charge is -2.34. The highest BCUT2D eigenvalue weighted by Crippen LogP contribution is 2.18. The summed E-state index contributed by atoms with van der Waals surface area (Å²) in [6.45, 7) is 11.9. The van der Waals surface area contributed by atoms with E-state index in [0.29, 0.717) is 0 Å². The molecule has 0 aromatic heterocycles. The lowest BCUT2D eigenvalue weighted by molar-refractivity contribution is 0.0643. The van der Waals surface area contributed by atoms with Gasteiger partial charge < -0.3 is 15.1 Å². The quantitative estimate of drug-likeness (QED) is 0.915. The van der Waals surface area contributed by atoms with E-state index in [1.165, 1.54) is 0 Å². The second-order valence-corrected chi connectivity index (χ2v) is 5.29. The molecule has 1 fully saturated rings. The fraction of sp³-hybridized carbons (Fsp3) is 0.562. The average molecular weight is 275 g/mol. The van der Waals surface area contributed by atoms with E-state index >= 15 is 0 Å². The van der Waals surface area contributed by atoms with E-state index in [1.54, 1.807) is 0 Å². The van der Waals surface area contributed by atoms with Gasteiger partial charge in [0.05, 0.1) is 0 Å². The molecule has 1 aromatic rings. The first-order chi connectivity index (χ1) is 9.65. The topological polar surface area (TPSA) is 35.6 Å². The summed E-state index contributed by atoms with van der Waals surface area (Å²) in [5, 5.41) is 3.30. The number of nitrogens with one attached hydrogen (secondary N) is 1. The zero-order chi connectivity index (χ0) is 14.5. The number of likely N-dealkylation sites (N-methyl/N-ethyl adjacent to an activating group) is 1. The molecular formula is C16H25N3O. The molecule has 20 heavy (non-hydrogen) atoms. The summed E-state index contributed by atoms with van der Waals surface area (Å²) in [4.78, 5) is 16.8. The molecule has 0 unspecified atom stereocenters. The molecule has 1 N–H and O–H groups in total. The van der Waals surface area contributed by atoms with Gasteiger partial charge in [0.15, 0.2) is 0 Å². The molecule has 4 nitrogen and oxygen atoms in total. The highest BCUT2D eigenvalue weighted by atomic mass is 16.2. The third-order valence-electron chi connectivity index (χ3n) is 3.95. The molecule has 2 rings (SSSR count). The number of rotatable bonds is 4. The number of benzene rings is 1. The van der Waals surface area contributed by atoms with Crippen molar-refractivity contribution in [3.05, 3.63) is 29.3 Å². The van der Waals surface area contributed by atoms with Crippen molar-refractivity contribution in [2.24, 2.45) is 0 Å². The third-order valence-corrected chi connectivity index (χ3v) is 3.95. The summed E-state index contributed by atoms with van der Waals surface area (Å²) >= 11 is 0. The molecule has 0 aliphatic carbocycles. The highest BCUT2D eigenvalue weighted by Gasteiger charge is 2.21. The predicted molar refractivity (Wildman–Crippen MR) is 83.4 cm³/mol. The number of carbonyl (C=O) groups is 1. The molecule has 0 saturated carbocycles. The molecule has 1 saturated heterocycles. The van der Waals surface area contributed by atoms with Crippen LogP contribution in [-0.2, 0) is 0 Å². The Morgan fingerprint density at radius 1 is 1.20 bits per heavy atom. The molecule has 0 spiro atoms. The molecule has 1 aromatic carbocycles. The molecule has 1 heterocycles. The molecule has 4 heteroatoms. The van der Waals surface area contributed by atoms with Crippen LogP contribution in [0.25, 0.3) is 0 Å². The van der Waals surface area contributed by atoms with Gasteiger partial charge in [0.25, 0.3) is 5.91 Å². The normalized spacial score (nSPS) is 16.2. The standard InChI is InChI=1S/C16H25N3O/c1-4-17-15-7-6-14(12-13(15)3)16(20)19-10-8-18(5-2)9-11-19/h6-7,12,17H,4-5,8-11H2,1-3H3. The third kappa shape index (κ3) is 3.31. The summed E-state index contributed by atoms with van der Waals surface area (Å²) in [5.74, 6) is 0.159. The van der Waals surface area contributed by atoms with Gasteiger partial charge in [-0.2, -0.15) is 0 Å². The van der Waals surface area contributed by atoms with Crippen molar-refractivity contribution < 1.29 is 4.79 Å². The van der Waals surface area contributed by atoms with Gasteiger partial charge in [-0.15, -0.1) is 0 Å². The summed E-state index contributed by atoms with van der Waals surface area (Å²) < 4.78 is 0. The fourth-order valence-corrected chi connectivity index (χ4v) is 2.64. The van der Waals surface area contributed by atoms with Crippen LogP contribution < -0.4 is 5.32 Å². The van der Waals surface area contributed by atoms with E-state index in [-0.39, 0.29) is 5.91 Å². The second-order valence-electron chi connectivity index (χ2n) is 5.29. The van der Waals surface area contributed by atoms with Gasteiger partial charge in [0.2, 0.25) is 0 Å². The number of aryl methyl sites for hydroxylation is 1. The predicted octanol–water partition coefficient (Wildman–Crippen LogP) is 2.20. The van der Waals surface area contributed by atoms with Gasteiger partial charge in [0.1, 0.15) is 0 Å². The Morgan fingerprint density at radius 2 is 1.90 bits per heavy atom. The van der Waals surface area contributed by atoms with Crippen LogP contribution in [0.3, 0.4) is 0 Å². The largest absolute Gasteiger partial charge is 0.385 e. The van der Waals surface area contributed by atoms with E-state index in [2.05, 4.69) is 24.1 Å². The molecule has 1 aliphatic heterocycles. The van der Waals surface area contributed by atoms with Crippen molar-refractivity contribution in [1.82, 2.24) is 9.80 Å². The highest BCUT2D eigenvalue weighted by molar-refractivity contribution is 5.95. The Kier molecular flexibility index (Phi) is 5.01. The lowest BCUT2D eigenvalue weighted by atomic mass is 10.1. The van der Waals surface area contributed by atoms with Gasteiger partial charge in [-0.05, 0) is 44.2 Å². The van der Waals surface area contributed by atoms with E-state index in [4.69, 9.17) is 0 Å². The van der Waals surface area contributed by atoms with Crippen LogP contribution in [0.4, 0.5) is 5.69 Å². The van der Waals surface area contributed by atoms with Crippen LogP contribution in [0.1, 0.15) is 29.8 Å². The Balaban J connectivity index is 2.04. The second kappa shape index (κ2) is 6.75. The van der Waals surface area contributed by atoms with E-state index in [0.717, 1.165) is 56.1 Å². The van der Waals surface area contributed by atoms with Crippen LogP contribution in [0.5, 0.6) is 0 Å². The molecule has 0 bridgehead atoms. The number of amides is 1. The van der Waals surface area contributed by atoms with E-state index < -0.39 is 0 Å². The van der Waals surface area contributed by atoms with Crippen LogP contribution in [0, 0.1) is 6.92 Å². The van der Waals surface area contributed by atoms with E-state index in [9.17, 15) is 4.79 Å². The minimum absolute atomic E-state index is 0.159. The molecule has 0 radical (unpaired) electrons. The van der Waals surface area contributed by atoms with Gasteiger partial charge in [0, 0.05) is 44.0 Å². The summed E-state index contributed by atoms with van der Waals surface area (Å²) in [5.41, 5.74) is 3.04. The molecule has 0 atom stereocenters. The Bertz CT molecular complexity index is 465. The first-order valence-corrected chi connectivity index (χ1v) is 7.51. The van der Waals surface area contributed by atoms with Crippen molar-refractivity contribution in [3.8, 4) is 0 Å². The smallest absolute Gasteiger partial charge is 0.253 e. The number of nitrogens with zero attached hydrogens (tertiary/aromatic N) is 2. The van der Waals surface area contributed by atoms with Crippen molar-refractivity contribution >= 4 is 11.6 Å². The number of piperazine rings is 1. The van der Waals surface area contributed by atoms with Crippen molar-refractivity contribution in [2.75, 3.05) is 44.6 Å². The maximum absolute atomic E-state index is 12.5. The molecule has 110 valence electrons. The van der Waals surface area contributed by atoms with Gasteiger partial charge in [-0.25, -0.2) is 0 Å². The minimum atomic E-state index is 0.159. The van der Waals surface area contributed by atoms with Crippen LogP contribution in [0.15, 0.2) is 18.2 Å². The zero-order valence-electron chi connectivity index (χ0n) is 12.8. The number of carbonyl (C=O) groups excluding carboxylic acids is 1. The monoisotopic (exact) mass is 275 g/mol. The number of hydrogen-bond acceptors (Lipinski definition) is 3. The van der Waals surface area contributed by atoms with Gasteiger partial charge in [-0.1, -0.05) is 6.92 Å². The van der Waals surface area contributed by atoms with Gasteiger partial charge >= 0.3 is 0 Å². The maximum atomic E-state index is 12.5. The van der Waals surface area contributed by atoms with Crippen LogP contribution in [-0.4, -0.2) is 55.0 Å². The minimum Gasteiger partial charge on any atom is -0.385 e. The molecule has 1 amide bonds. The van der Waals surface area contributed by atoms with Crippen molar-refractivity contribution in [1.29, 1.82) is 0 Å². The van der Waals surface area contributed by atoms with Crippen LogP contribution >= 0.6 is 0 Å². The van der Waals surface area contributed by atoms with E-state index in [1.807, 2.05) is 30.0 Å². The first kappa shape index (κ1) is 14.9. The lowest BCUT2D eigenvalue weighted by Crippen LogP contribution is -2.48.